The number of alkyl halides is 1. The van der Waals surface area contributed by atoms with Gasteiger partial charge in [0.05, 0.1) is 31.6 Å². The number of ether oxygens (including phenoxy) is 3. The fourth-order valence-corrected chi connectivity index (χ4v) is 5.86. The Morgan fingerprint density at radius 1 is 1.10 bits per heavy atom. The number of hydrogen-bond donors (Lipinski definition) is 1. The summed E-state index contributed by atoms with van der Waals surface area (Å²) in [6, 6.07) is 8.85. The summed E-state index contributed by atoms with van der Waals surface area (Å²) in [4.78, 5) is 41.0. The molecule has 4 aromatic rings. The van der Waals surface area contributed by atoms with E-state index in [1.807, 2.05) is 18.2 Å². The van der Waals surface area contributed by atoms with Gasteiger partial charge in [-0.1, -0.05) is 46.0 Å². The van der Waals surface area contributed by atoms with Crippen LogP contribution in [0.25, 0.3) is 10.9 Å². The second kappa shape index (κ2) is 9.76. The minimum atomic E-state index is -1.12. The van der Waals surface area contributed by atoms with Crippen molar-refractivity contribution in [1.29, 1.82) is 0 Å². The number of benzene rings is 1. The first kappa shape index (κ1) is 26.0. The number of aromatic nitrogens is 6. The fraction of sp³-hybridized carbons (Fsp3) is 0.400. The molecule has 2 saturated heterocycles. The molecule has 0 saturated carbocycles. The third-order valence-corrected chi connectivity index (χ3v) is 7.65. The van der Waals surface area contributed by atoms with Gasteiger partial charge in [-0.3, -0.25) is 18.7 Å². The number of H-pyrrole nitrogens is 1. The van der Waals surface area contributed by atoms with Crippen molar-refractivity contribution in [2.75, 3.05) is 4.43 Å². The van der Waals surface area contributed by atoms with Gasteiger partial charge in [0.15, 0.2) is 12.0 Å². The van der Waals surface area contributed by atoms with E-state index in [1.165, 1.54) is 10.7 Å². The average Bonchev–Trinajstić information content (AvgIpc) is 3.56. The average molecular weight is 650 g/mol. The van der Waals surface area contributed by atoms with Gasteiger partial charge < -0.3 is 19.2 Å². The standard InChI is InChI=1S/C25H24FIN6O6/c1-25(2)38-20-18(8-27)37-23(21(20)39-25)33-12-16(26)22(35)32(24(33)36)11-14-10-31(30-29-14)9-13-7-19(34)28-17-6-4-3-5-15(13)17/h3-7,10,12,18,20-21,23H,8-9,11H2,1-2H3,(H,28,34). The lowest BCUT2D eigenvalue weighted by Gasteiger charge is -2.24. The minimum absolute atomic E-state index is 0.226. The van der Waals surface area contributed by atoms with Crippen molar-refractivity contribution in [2.45, 2.75) is 57.3 Å². The molecule has 3 aromatic heterocycles. The Kier molecular flexibility index (Phi) is 6.52. The van der Waals surface area contributed by atoms with Gasteiger partial charge in [-0.25, -0.2) is 9.48 Å². The Morgan fingerprint density at radius 2 is 1.87 bits per heavy atom. The van der Waals surface area contributed by atoms with Gasteiger partial charge in [0, 0.05) is 21.4 Å². The first-order chi connectivity index (χ1) is 18.6. The van der Waals surface area contributed by atoms with E-state index in [9.17, 15) is 18.8 Å². The second-order valence-corrected chi connectivity index (χ2v) is 10.8. The van der Waals surface area contributed by atoms with E-state index in [0.29, 0.717) is 9.94 Å². The molecule has 6 rings (SSSR count). The van der Waals surface area contributed by atoms with Crippen molar-refractivity contribution in [3.63, 3.8) is 0 Å². The van der Waals surface area contributed by atoms with Crippen molar-refractivity contribution in [2.24, 2.45) is 0 Å². The summed E-state index contributed by atoms with van der Waals surface area (Å²) >= 11 is 2.15. The van der Waals surface area contributed by atoms with E-state index in [4.69, 9.17) is 14.2 Å². The summed E-state index contributed by atoms with van der Waals surface area (Å²) in [5, 5.41) is 8.99. The molecular formula is C25H24FIN6O6. The van der Waals surface area contributed by atoms with Crippen molar-refractivity contribution in [1.82, 2.24) is 29.1 Å². The molecule has 0 amide bonds. The van der Waals surface area contributed by atoms with Gasteiger partial charge in [-0.15, -0.1) is 5.10 Å². The maximum atomic E-state index is 14.8. The molecule has 39 heavy (non-hydrogen) atoms. The van der Waals surface area contributed by atoms with Gasteiger partial charge in [0.25, 0.3) is 5.56 Å². The highest BCUT2D eigenvalue weighted by Gasteiger charge is 2.55. The number of nitrogens with one attached hydrogen (secondary N) is 1. The van der Waals surface area contributed by atoms with Gasteiger partial charge >= 0.3 is 5.69 Å². The molecule has 1 N–H and O–H groups in total. The molecule has 0 aliphatic carbocycles. The highest BCUT2D eigenvalue weighted by atomic mass is 127. The number of halogens is 2. The summed E-state index contributed by atoms with van der Waals surface area (Å²) in [5.74, 6) is -2.01. The van der Waals surface area contributed by atoms with Gasteiger partial charge in [-0.2, -0.15) is 4.39 Å². The molecule has 1 aromatic carbocycles. The number of hydrogen-bond acceptors (Lipinski definition) is 8. The molecular weight excluding hydrogens is 626 g/mol. The summed E-state index contributed by atoms with van der Waals surface area (Å²) in [6.45, 7) is 3.43. The first-order valence-corrected chi connectivity index (χ1v) is 13.7. The predicted octanol–water partition coefficient (Wildman–Crippen LogP) is 1.53. The van der Waals surface area contributed by atoms with Crippen LogP contribution in [-0.4, -0.2) is 57.6 Å². The highest BCUT2D eigenvalue weighted by molar-refractivity contribution is 14.1. The Morgan fingerprint density at radius 3 is 2.67 bits per heavy atom. The van der Waals surface area contributed by atoms with E-state index in [0.717, 1.165) is 26.3 Å². The molecule has 2 fully saturated rings. The van der Waals surface area contributed by atoms with Crippen LogP contribution in [-0.2, 0) is 27.3 Å². The maximum Gasteiger partial charge on any atom is 0.333 e. The smallest absolute Gasteiger partial charge is 0.333 e. The topological polar surface area (TPSA) is 135 Å². The van der Waals surface area contributed by atoms with Crippen LogP contribution >= 0.6 is 22.6 Å². The van der Waals surface area contributed by atoms with Gasteiger partial charge in [0.1, 0.15) is 17.9 Å². The highest BCUT2D eigenvalue weighted by Crippen LogP contribution is 2.43. The lowest BCUT2D eigenvalue weighted by atomic mass is 10.1. The molecule has 204 valence electrons. The van der Waals surface area contributed by atoms with Crippen LogP contribution in [0, 0.1) is 5.82 Å². The van der Waals surface area contributed by atoms with E-state index in [2.05, 4.69) is 37.9 Å². The molecule has 4 atom stereocenters. The fourth-order valence-electron chi connectivity index (χ4n) is 5.15. The largest absolute Gasteiger partial charge is 0.348 e. The summed E-state index contributed by atoms with van der Waals surface area (Å²) in [6.07, 6.45) is -0.0699. The number of nitrogens with zero attached hydrogens (tertiary/aromatic N) is 5. The monoisotopic (exact) mass is 650 g/mol. The number of pyridine rings is 1. The number of para-hydroxylation sites is 1. The predicted molar refractivity (Wildman–Crippen MR) is 144 cm³/mol. The summed E-state index contributed by atoms with van der Waals surface area (Å²) in [5.41, 5.74) is -0.448. The number of fused-ring (bicyclic) bond motifs is 2. The first-order valence-electron chi connectivity index (χ1n) is 12.2. The molecule has 4 unspecified atom stereocenters. The SMILES string of the molecule is CC1(C)OC2C(CI)OC(n3cc(F)c(=O)n(Cc4cn(Cc5cc(=O)[nH]c6ccccc56)nn4)c3=O)C2O1. The summed E-state index contributed by atoms with van der Waals surface area (Å²) in [7, 11) is 0. The molecule has 2 aliphatic heterocycles. The Labute approximate surface area is 233 Å². The third kappa shape index (κ3) is 4.74. The van der Waals surface area contributed by atoms with Crippen LogP contribution < -0.4 is 16.8 Å². The van der Waals surface area contributed by atoms with Crippen LogP contribution in [0.5, 0.6) is 0 Å². The molecule has 12 nitrogen and oxygen atoms in total. The van der Waals surface area contributed by atoms with Crippen LogP contribution in [0.3, 0.4) is 0 Å². The van der Waals surface area contributed by atoms with E-state index in [-0.39, 0.29) is 30.4 Å². The molecule has 0 radical (unpaired) electrons. The van der Waals surface area contributed by atoms with Crippen molar-refractivity contribution < 1.29 is 18.6 Å². The van der Waals surface area contributed by atoms with Crippen molar-refractivity contribution in [3.05, 3.63) is 91.0 Å². The zero-order chi connectivity index (χ0) is 27.5. The van der Waals surface area contributed by atoms with Crippen LogP contribution in [0.4, 0.5) is 4.39 Å². The lowest BCUT2D eigenvalue weighted by molar-refractivity contribution is -0.194. The summed E-state index contributed by atoms with van der Waals surface area (Å²) < 4.78 is 36.6. The Hall–Kier alpha value is -3.21. The third-order valence-electron chi connectivity index (χ3n) is 6.78. The van der Waals surface area contributed by atoms with Crippen LogP contribution in [0.15, 0.2) is 57.1 Å². The molecule has 0 bridgehead atoms. The molecule has 0 spiro atoms. The molecule has 5 heterocycles. The van der Waals surface area contributed by atoms with Crippen molar-refractivity contribution >= 4 is 33.5 Å². The van der Waals surface area contributed by atoms with E-state index in [1.54, 1.807) is 26.1 Å². The van der Waals surface area contributed by atoms with E-state index < -0.39 is 41.3 Å². The van der Waals surface area contributed by atoms with E-state index >= 15 is 0 Å². The Bertz CT molecular complexity index is 1750. The van der Waals surface area contributed by atoms with Gasteiger partial charge in [0.2, 0.25) is 11.4 Å². The minimum Gasteiger partial charge on any atom is -0.348 e. The molecule has 2 aliphatic rings. The quantitative estimate of drug-likeness (QED) is 0.245. The zero-order valence-electron chi connectivity index (χ0n) is 20.9. The number of rotatable bonds is 6. The Balaban J connectivity index is 1.30. The van der Waals surface area contributed by atoms with Crippen molar-refractivity contribution in [3.8, 4) is 0 Å². The van der Waals surface area contributed by atoms with Gasteiger partial charge in [-0.05, 0) is 25.5 Å². The van der Waals surface area contributed by atoms with Crippen LogP contribution in [0.1, 0.15) is 31.3 Å². The lowest BCUT2D eigenvalue weighted by Crippen LogP contribution is -2.45. The second-order valence-electron chi connectivity index (χ2n) is 9.95. The number of aromatic amines is 1. The maximum absolute atomic E-state index is 14.8. The van der Waals surface area contributed by atoms with Crippen LogP contribution in [0.2, 0.25) is 0 Å². The molecule has 14 heteroatoms. The zero-order valence-corrected chi connectivity index (χ0v) is 23.1. The normalized spacial score (nSPS) is 23.9.